The Morgan fingerprint density at radius 2 is 2.07 bits per heavy atom. The molecule has 0 spiro atoms. The lowest BCUT2D eigenvalue weighted by Gasteiger charge is -2.08. The molecule has 14 heavy (non-hydrogen) atoms. The van der Waals surface area contributed by atoms with Gasteiger partial charge in [-0.15, -0.1) is 0 Å². The second-order valence-corrected chi connectivity index (χ2v) is 5.29. The molecule has 80 valence electrons. The van der Waals surface area contributed by atoms with E-state index < -0.39 is 27.8 Å². The Balaban J connectivity index is 2.48. The molecule has 7 heteroatoms. The molecule has 1 rings (SSSR count). The molecular weight excluding hydrogens is 210 g/mol. The fourth-order valence-corrected chi connectivity index (χ4v) is 2.92. The summed E-state index contributed by atoms with van der Waals surface area (Å²) >= 11 is 0. The Hall–Kier alpha value is -1.11. The first-order chi connectivity index (χ1) is 6.44. The van der Waals surface area contributed by atoms with Gasteiger partial charge in [0, 0.05) is 6.04 Å². The molecule has 1 heterocycles. The number of hydrogen-bond acceptors (Lipinski definition) is 5. The van der Waals surface area contributed by atoms with E-state index in [-0.39, 0.29) is 11.5 Å². The van der Waals surface area contributed by atoms with Crippen molar-refractivity contribution in [2.75, 3.05) is 18.6 Å². The van der Waals surface area contributed by atoms with Gasteiger partial charge in [0.1, 0.15) is 0 Å². The third-order valence-electron chi connectivity index (χ3n) is 1.94. The van der Waals surface area contributed by atoms with Gasteiger partial charge in [-0.3, -0.25) is 4.79 Å². The molecule has 0 aromatic carbocycles. The average molecular weight is 221 g/mol. The summed E-state index contributed by atoms with van der Waals surface area (Å²) in [4.78, 5) is 21.6. The zero-order chi connectivity index (χ0) is 10.8. The summed E-state index contributed by atoms with van der Waals surface area (Å²) in [5.41, 5.74) is 0. The molecule has 0 aliphatic carbocycles. The number of rotatable bonds is 1. The number of esters is 1. The fourth-order valence-electron chi connectivity index (χ4n) is 1.25. The first kappa shape index (κ1) is 11.0. The van der Waals surface area contributed by atoms with Gasteiger partial charge in [0.15, 0.2) is 9.84 Å². The molecule has 0 saturated carbocycles. The smallest absolute Gasteiger partial charge is 0.396 e. The van der Waals surface area contributed by atoms with Crippen LogP contribution in [0, 0.1) is 0 Å². The predicted octanol–water partition coefficient (Wildman–Crippen LogP) is -1.54. The number of ether oxygens (including phenoxy) is 1. The van der Waals surface area contributed by atoms with Crippen LogP contribution in [0.3, 0.4) is 0 Å². The highest BCUT2D eigenvalue weighted by Crippen LogP contribution is 2.10. The van der Waals surface area contributed by atoms with Crippen LogP contribution in [0.4, 0.5) is 0 Å². The maximum Gasteiger partial charge on any atom is 0.396 e. The lowest BCUT2D eigenvalue weighted by molar-refractivity contribution is -0.153. The van der Waals surface area contributed by atoms with Crippen molar-refractivity contribution in [3.8, 4) is 0 Å². The van der Waals surface area contributed by atoms with Gasteiger partial charge in [-0.25, -0.2) is 13.2 Å². The molecule has 1 aliphatic rings. The van der Waals surface area contributed by atoms with Gasteiger partial charge in [0.2, 0.25) is 0 Å². The van der Waals surface area contributed by atoms with Crippen LogP contribution in [-0.4, -0.2) is 45.0 Å². The van der Waals surface area contributed by atoms with Crippen molar-refractivity contribution in [2.24, 2.45) is 0 Å². The van der Waals surface area contributed by atoms with E-state index in [0.717, 1.165) is 7.11 Å². The highest BCUT2D eigenvalue weighted by molar-refractivity contribution is 7.91. The minimum Gasteiger partial charge on any atom is -0.462 e. The van der Waals surface area contributed by atoms with Crippen LogP contribution in [0.15, 0.2) is 0 Å². The van der Waals surface area contributed by atoms with Gasteiger partial charge in [-0.2, -0.15) is 0 Å². The van der Waals surface area contributed by atoms with Crippen LogP contribution in [0.5, 0.6) is 0 Å². The summed E-state index contributed by atoms with van der Waals surface area (Å²) in [7, 11) is -1.95. The van der Waals surface area contributed by atoms with Crippen molar-refractivity contribution < 1.29 is 22.7 Å². The van der Waals surface area contributed by atoms with Crippen molar-refractivity contribution in [3.05, 3.63) is 0 Å². The zero-order valence-corrected chi connectivity index (χ0v) is 8.46. The Bertz CT molecular complexity index is 347. The van der Waals surface area contributed by atoms with Gasteiger partial charge in [0.25, 0.3) is 0 Å². The predicted molar refractivity (Wildman–Crippen MR) is 47.2 cm³/mol. The molecule has 1 aliphatic heterocycles. The summed E-state index contributed by atoms with van der Waals surface area (Å²) < 4.78 is 26.2. The summed E-state index contributed by atoms with van der Waals surface area (Å²) in [5, 5.41) is 2.29. The quantitative estimate of drug-likeness (QED) is 0.428. The summed E-state index contributed by atoms with van der Waals surface area (Å²) in [5.74, 6) is -1.95. The Morgan fingerprint density at radius 3 is 2.50 bits per heavy atom. The molecule has 0 aromatic rings. The van der Waals surface area contributed by atoms with E-state index in [1.165, 1.54) is 0 Å². The van der Waals surface area contributed by atoms with Crippen LogP contribution < -0.4 is 5.32 Å². The fraction of sp³-hybridized carbons (Fsp3) is 0.714. The minimum atomic E-state index is -3.04. The summed E-state index contributed by atoms with van der Waals surface area (Å²) in [6.07, 6.45) is 0.352. The number of nitrogens with one attached hydrogen (secondary N) is 1. The minimum absolute atomic E-state index is 0.0547. The van der Waals surface area contributed by atoms with Crippen LogP contribution >= 0.6 is 0 Å². The highest BCUT2D eigenvalue weighted by atomic mass is 32.2. The Kier molecular flexibility index (Phi) is 3.10. The number of sulfone groups is 1. The van der Waals surface area contributed by atoms with Crippen molar-refractivity contribution in [1.29, 1.82) is 0 Å². The van der Waals surface area contributed by atoms with Crippen LogP contribution in [-0.2, 0) is 24.2 Å². The molecule has 1 unspecified atom stereocenters. The lowest BCUT2D eigenvalue weighted by atomic mass is 10.2. The molecule has 0 bridgehead atoms. The molecule has 1 atom stereocenters. The SMILES string of the molecule is COC(=O)C(=O)NC1CCS(=O)(=O)C1. The van der Waals surface area contributed by atoms with E-state index in [9.17, 15) is 18.0 Å². The lowest BCUT2D eigenvalue weighted by Crippen LogP contribution is -2.40. The number of hydrogen-bond donors (Lipinski definition) is 1. The van der Waals surface area contributed by atoms with E-state index >= 15 is 0 Å². The van der Waals surface area contributed by atoms with Crippen molar-refractivity contribution in [1.82, 2.24) is 5.32 Å². The van der Waals surface area contributed by atoms with Crippen LogP contribution in [0.1, 0.15) is 6.42 Å². The molecule has 0 radical (unpaired) electrons. The standard InChI is InChI=1S/C7H11NO5S/c1-13-7(10)6(9)8-5-2-3-14(11,12)4-5/h5H,2-4H2,1H3,(H,8,9). The zero-order valence-electron chi connectivity index (χ0n) is 7.65. The molecule has 1 fully saturated rings. The summed E-state index contributed by atoms with van der Waals surface area (Å²) in [6.45, 7) is 0. The topological polar surface area (TPSA) is 89.5 Å². The first-order valence-electron chi connectivity index (χ1n) is 4.04. The first-order valence-corrected chi connectivity index (χ1v) is 5.86. The van der Waals surface area contributed by atoms with E-state index in [1.54, 1.807) is 0 Å². The van der Waals surface area contributed by atoms with Gasteiger partial charge in [-0.1, -0.05) is 0 Å². The third-order valence-corrected chi connectivity index (χ3v) is 3.71. The van der Waals surface area contributed by atoms with Gasteiger partial charge in [-0.05, 0) is 6.42 Å². The van der Waals surface area contributed by atoms with E-state index in [0.29, 0.717) is 6.42 Å². The van der Waals surface area contributed by atoms with E-state index in [2.05, 4.69) is 10.1 Å². The molecule has 1 N–H and O–H groups in total. The summed E-state index contributed by atoms with van der Waals surface area (Å²) in [6, 6.07) is -0.466. The highest BCUT2D eigenvalue weighted by Gasteiger charge is 2.30. The van der Waals surface area contributed by atoms with Crippen molar-refractivity contribution >= 4 is 21.7 Å². The molecule has 6 nitrogen and oxygen atoms in total. The van der Waals surface area contributed by atoms with Gasteiger partial charge in [0.05, 0.1) is 18.6 Å². The molecule has 1 amide bonds. The Morgan fingerprint density at radius 1 is 1.43 bits per heavy atom. The normalized spacial score (nSPS) is 24.2. The Labute approximate surface area is 81.5 Å². The number of amides is 1. The van der Waals surface area contributed by atoms with Crippen molar-refractivity contribution in [3.63, 3.8) is 0 Å². The molecule has 0 aromatic heterocycles. The monoisotopic (exact) mass is 221 g/mol. The van der Waals surface area contributed by atoms with Crippen LogP contribution in [0.2, 0.25) is 0 Å². The maximum absolute atomic E-state index is 11.0. The van der Waals surface area contributed by atoms with Gasteiger partial charge < -0.3 is 10.1 Å². The maximum atomic E-state index is 11.0. The number of carbonyl (C=O) groups excluding carboxylic acids is 2. The number of carbonyl (C=O) groups is 2. The van der Waals surface area contributed by atoms with E-state index in [1.807, 2.05) is 0 Å². The van der Waals surface area contributed by atoms with Gasteiger partial charge >= 0.3 is 11.9 Å². The molecule has 1 saturated heterocycles. The largest absolute Gasteiger partial charge is 0.462 e. The second-order valence-electron chi connectivity index (χ2n) is 3.07. The average Bonchev–Trinajstić information content (AvgIpc) is 2.44. The number of methoxy groups -OCH3 is 1. The molecular formula is C7H11NO5S. The van der Waals surface area contributed by atoms with Crippen LogP contribution in [0.25, 0.3) is 0 Å². The van der Waals surface area contributed by atoms with Crippen molar-refractivity contribution in [2.45, 2.75) is 12.5 Å². The third kappa shape index (κ3) is 2.69. The second kappa shape index (κ2) is 3.95. The van der Waals surface area contributed by atoms with E-state index in [4.69, 9.17) is 0 Å².